The molecular formula is C48H68N18O12. The van der Waals surface area contributed by atoms with E-state index in [0.29, 0.717) is 16.5 Å². The molecule has 9 amide bonds. The van der Waals surface area contributed by atoms with E-state index in [1.807, 2.05) is 24.3 Å². The van der Waals surface area contributed by atoms with Crippen LogP contribution in [-0.4, -0.2) is 166 Å². The zero-order chi connectivity index (χ0) is 57.5. The first-order chi connectivity index (χ1) is 37.0. The first-order valence-electron chi connectivity index (χ1n) is 24.5. The number of aliphatic imine (C=N–C) groups is 2. The van der Waals surface area contributed by atoms with E-state index in [4.69, 9.17) is 34.4 Å². The number of nitrogens with zero attached hydrogens (tertiary/aromatic N) is 2. The van der Waals surface area contributed by atoms with Gasteiger partial charge in [0.25, 0.3) is 0 Å². The highest BCUT2D eigenvalue weighted by molar-refractivity contribution is 5.98. The Morgan fingerprint density at radius 2 is 1.03 bits per heavy atom. The molecule has 30 nitrogen and oxygen atoms in total. The number of hydrogen-bond donors (Lipinski definition) is 18. The maximum Gasteiger partial charge on any atom is 0.326 e. The maximum atomic E-state index is 14.0. The molecule has 0 aliphatic rings. The van der Waals surface area contributed by atoms with E-state index < -0.39 is 128 Å². The molecule has 24 N–H and O–H groups in total. The smallest absolute Gasteiger partial charge is 0.326 e. The first kappa shape index (κ1) is 61.2. The lowest BCUT2D eigenvalue weighted by molar-refractivity contribution is -0.142. The summed E-state index contributed by atoms with van der Waals surface area (Å²) in [4.78, 5) is 144. The van der Waals surface area contributed by atoms with Gasteiger partial charge in [-0.05, 0) is 62.3 Å². The van der Waals surface area contributed by atoms with Gasteiger partial charge in [0, 0.05) is 53.7 Å². The molecule has 0 fully saturated rings. The van der Waals surface area contributed by atoms with Crippen LogP contribution in [0.25, 0.3) is 21.8 Å². The fourth-order valence-electron chi connectivity index (χ4n) is 7.82. The Morgan fingerprint density at radius 3 is 1.56 bits per heavy atom. The number of guanidine groups is 2. The van der Waals surface area contributed by atoms with E-state index in [9.17, 15) is 58.2 Å². The summed E-state index contributed by atoms with van der Waals surface area (Å²) in [6.45, 7) is -0.744. The molecule has 4 rings (SSSR count). The number of para-hydroxylation sites is 2. The number of aromatic amines is 2. The number of rotatable bonds is 32. The van der Waals surface area contributed by atoms with E-state index in [-0.39, 0.29) is 63.5 Å². The van der Waals surface area contributed by atoms with Gasteiger partial charge in [-0.15, -0.1) is 0 Å². The number of carboxylic acids is 1. The summed E-state index contributed by atoms with van der Waals surface area (Å²) in [6.07, 6.45) is 0.916. The van der Waals surface area contributed by atoms with E-state index in [1.165, 1.54) is 0 Å². The molecule has 30 heteroatoms. The lowest BCUT2D eigenvalue weighted by atomic mass is 10.0. The van der Waals surface area contributed by atoms with Gasteiger partial charge in [-0.2, -0.15) is 0 Å². The van der Waals surface area contributed by atoms with Crippen molar-refractivity contribution in [3.05, 3.63) is 72.1 Å². The number of H-pyrrole nitrogens is 2. The van der Waals surface area contributed by atoms with Gasteiger partial charge in [0.2, 0.25) is 53.2 Å². The molecule has 0 saturated carbocycles. The molecule has 0 aliphatic heterocycles. The summed E-state index contributed by atoms with van der Waals surface area (Å²) in [5, 5.41) is 40.9. The molecule has 422 valence electrons. The second kappa shape index (κ2) is 30.3. The summed E-state index contributed by atoms with van der Waals surface area (Å²) in [5.41, 5.74) is 35.7. The van der Waals surface area contributed by atoms with Gasteiger partial charge in [-0.3, -0.25) is 53.1 Å². The number of aliphatic hydroxyl groups excluding tert-OH is 1. The van der Waals surface area contributed by atoms with Crippen LogP contribution in [0.1, 0.15) is 50.2 Å². The molecule has 78 heavy (non-hydrogen) atoms. The standard InChI is InChI=1S/C48H68N18O12/c1-24(67)40(45(76)65-35(18-36(50)68)43(74)64-33(46(77)78)13-7-15-56-48(53)54)66-44(75)34(17-26-20-58-31-11-5-3-9-28(26)31)63-38(70)22-59-37(69)21-61-42(73)32(12-6-14-55-47(51)52)62-39(71)23-60-41(72)29(49)16-25-19-57-30-10-4-2-8-27(25)30/h2-5,8-11,19-20,24,29,32-35,40,57-58,67H,6-7,12-18,21-23,49H2,1H3,(H2,50,68)(H,59,69)(H,60,72)(H,61,73)(H,62,71)(H,63,70)(H,64,74)(H,65,76)(H,66,75)(H,77,78)(H4,51,52,55)(H4,53,54,56)/t24-,29+,32+,33+,34+,35+,40+/m1/s1. The molecule has 0 unspecified atom stereocenters. The van der Waals surface area contributed by atoms with Gasteiger partial charge < -0.3 is 97.1 Å². The third-order valence-electron chi connectivity index (χ3n) is 11.8. The van der Waals surface area contributed by atoms with Gasteiger partial charge in [0.05, 0.1) is 38.2 Å². The van der Waals surface area contributed by atoms with Gasteiger partial charge in [0.15, 0.2) is 11.9 Å². The van der Waals surface area contributed by atoms with Gasteiger partial charge in [-0.1, -0.05) is 36.4 Å². The molecular weight excluding hydrogens is 1020 g/mol. The number of nitrogens with two attached hydrogens (primary N) is 6. The van der Waals surface area contributed by atoms with Crippen LogP contribution in [0.4, 0.5) is 0 Å². The Kier molecular flexibility index (Phi) is 23.8. The molecule has 2 aromatic carbocycles. The number of aliphatic hydroxyl groups is 1. The van der Waals surface area contributed by atoms with Crippen molar-refractivity contribution in [2.45, 2.75) is 94.2 Å². The van der Waals surface area contributed by atoms with Crippen LogP contribution >= 0.6 is 0 Å². The number of primary amides is 1. The zero-order valence-corrected chi connectivity index (χ0v) is 42.6. The average Bonchev–Trinajstić information content (AvgIpc) is 4.01. The van der Waals surface area contributed by atoms with E-state index in [2.05, 4.69) is 62.5 Å². The van der Waals surface area contributed by atoms with Crippen LogP contribution in [0.2, 0.25) is 0 Å². The summed E-state index contributed by atoms with van der Waals surface area (Å²) in [6, 6.07) is 5.53. The quantitative estimate of drug-likeness (QED) is 0.0123. The van der Waals surface area contributed by atoms with E-state index >= 15 is 0 Å². The molecule has 7 atom stereocenters. The predicted molar refractivity (Wildman–Crippen MR) is 284 cm³/mol. The van der Waals surface area contributed by atoms with Crippen molar-refractivity contribution < 1.29 is 58.2 Å². The molecule has 2 aromatic heterocycles. The fraction of sp³-hybridized carbons (Fsp3) is 0.417. The molecule has 0 aliphatic carbocycles. The minimum absolute atomic E-state index is 0.00991. The Hall–Kier alpha value is -9.32. The molecule has 2 heterocycles. The van der Waals surface area contributed by atoms with Gasteiger partial charge in [0.1, 0.15) is 30.2 Å². The van der Waals surface area contributed by atoms with Crippen LogP contribution in [0, 0.1) is 0 Å². The minimum Gasteiger partial charge on any atom is -0.480 e. The van der Waals surface area contributed by atoms with Crippen molar-refractivity contribution in [3.8, 4) is 0 Å². The number of aromatic nitrogens is 2. The number of carboxylic acid groups (broad SMARTS) is 1. The first-order valence-corrected chi connectivity index (χ1v) is 24.5. The number of aliphatic carboxylic acids is 1. The summed E-state index contributed by atoms with van der Waals surface area (Å²) in [5.74, 6) is -10.3. The van der Waals surface area contributed by atoms with Crippen molar-refractivity contribution in [2.75, 3.05) is 32.7 Å². The number of amides is 9. The fourth-order valence-corrected chi connectivity index (χ4v) is 7.82. The summed E-state index contributed by atoms with van der Waals surface area (Å²) >= 11 is 0. The highest BCUT2D eigenvalue weighted by atomic mass is 16.4. The molecule has 0 bridgehead atoms. The van der Waals surface area contributed by atoms with Crippen molar-refractivity contribution in [2.24, 2.45) is 44.4 Å². The third-order valence-corrected chi connectivity index (χ3v) is 11.8. The van der Waals surface area contributed by atoms with Crippen LogP contribution in [0.15, 0.2) is 70.9 Å². The number of nitrogens with one attached hydrogen (secondary N) is 10. The highest BCUT2D eigenvalue weighted by Gasteiger charge is 2.35. The SMILES string of the molecule is C[C@@H](O)[C@H](NC(=O)[C@H](Cc1c[nH]c2ccccc12)NC(=O)CNC(=O)CNC(=O)[C@H](CCCN=C(N)N)NC(=O)CNC(=O)[C@@H](N)Cc1c[nH]c2ccccc12)C(=O)N[C@@H](CC(N)=O)C(=O)N[C@@H](CCCN=C(N)N)C(=O)O. The topological polar surface area (TPSA) is 520 Å². The van der Waals surface area contributed by atoms with Crippen molar-refractivity contribution in [1.82, 2.24) is 52.5 Å². The summed E-state index contributed by atoms with van der Waals surface area (Å²) < 4.78 is 0. The Morgan fingerprint density at radius 1 is 0.551 bits per heavy atom. The van der Waals surface area contributed by atoms with Crippen LogP contribution in [-0.2, 0) is 60.8 Å². The van der Waals surface area contributed by atoms with Crippen LogP contribution in [0.3, 0.4) is 0 Å². The highest BCUT2D eigenvalue weighted by Crippen LogP contribution is 2.20. The van der Waals surface area contributed by atoms with Crippen molar-refractivity contribution >= 4 is 92.9 Å². The minimum atomic E-state index is -1.85. The Bertz CT molecular complexity index is 2840. The number of hydrogen-bond acceptors (Lipinski definition) is 14. The van der Waals surface area contributed by atoms with E-state index in [1.54, 1.807) is 36.7 Å². The Labute approximate surface area is 445 Å². The number of carbonyl (C=O) groups excluding carboxylic acids is 9. The van der Waals surface area contributed by atoms with Gasteiger partial charge in [-0.25, -0.2) is 4.79 Å². The van der Waals surface area contributed by atoms with Gasteiger partial charge >= 0.3 is 5.97 Å². The zero-order valence-electron chi connectivity index (χ0n) is 42.6. The van der Waals surface area contributed by atoms with Crippen molar-refractivity contribution in [1.29, 1.82) is 0 Å². The summed E-state index contributed by atoms with van der Waals surface area (Å²) in [7, 11) is 0. The van der Waals surface area contributed by atoms with Crippen LogP contribution < -0.4 is 76.9 Å². The maximum absolute atomic E-state index is 14.0. The molecule has 0 radical (unpaired) electrons. The number of fused-ring (bicyclic) bond motifs is 2. The number of benzene rings is 2. The molecule has 0 spiro atoms. The normalized spacial score (nSPS) is 13.6. The lowest BCUT2D eigenvalue weighted by Crippen LogP contribution is -2.61. The number of carbonyl (C=O) groups is 10. The Balaban J connectivity index is 1.38. The van der Waals surface area contributed by atoms with Crippen molar-refractivity contribution in [3.63, 3.8) is 0 Å². The van der Waals surface area contributed by atoms with Crippen LogP contribution in [0.5, 0.6) is 0 Å². The molecule has 4 aromatic rings. The van der Waals surface area contributed by atoms with E-state index in [0.717, 1.165) is 23.4 Å². The second-order valence-electron chi connectivity index (χ2n) is 17.9. The monoisotopic (exact) mass is 1090 g/mol. The molecule has 0 saturated heterocycles. The lowest BCUT2D eigenvalue weighted by Gasteiger charge is -2.27. The predicted octanol–water partition coefficient (Wildman–Crippen LogP) is -6.02. The second-order valence-corrected chi connectivity index (χ2v) is 17.9. The third kappa shape index (κ3) is 20.1. The largest absolute Gasteiger partial charge is 0.480 e. The average molecular weight is 1090 g/mol.